The minimum absolute atomic E-state index is 0.0223. The third kappa shape index (κ3) is 2.53. The van der Waals surface area contributed by atoms with Crippen molar-refractivity contribution in [3.8, 4) is 0 Å². The molecule has 0 spiro atoms. The number of carbonyl (C=O) groups excluding carboxylic acids is 2. The first-order valence-corrected chi connectivity index (χ1v) is 7.41. The van der Waals surface area contributed by atoms with E-state index in [1.165, 1.54) is 29.7 Å². The fourth-order valence-corrected chi connectivity index (χ4v) is 2.99. The van der Waals surface area contributed by atoms with Crippen LogP contribution in [0.4, 0.5) is 0 Å². The van der Waals surface area contributed by atoms with Crippen molar-refractivity contribution >= 4 is 11.8 Å². The van der Waals surface area contributed by atoms with Crippen LogP contribution in [0.25, 0.3) is 0 Å². The standard InChI is InChI=1S/C16H20N2O3/c17-15(20)16(21)8-9-18(10-16)14(19)13-6-4-12(5-7-13)11-2-1-3-11/h4-7,11,21H,1-3,8-10H2,(H2,17,20). The van der Waals surface area contributed by atoms with Crippen LogP contribution in [0.5, 0.6) is 0 Å². The molecule has 1 atom stereocenters. The lowest BCUT2D eigenvalue weighted by molar-refractivity contribution is -0.134. The van der Waals surface area contributed by atoms with Crippen molar-refractivity contribution in [3.05, 3.63) is 35.4 Å². The van der Waals surface area contributed by atoms with E-state index in [2.05, 4.69) is 0 Å². The highest BCUT2D eigenvalue weighted by Gasteiger charge is 2.43. The van der Waals surface area contributed by atoms with Gasteiger partial charge in [0.1, 0.15) is 0 Å². The van der Waals surface area contributed by atoms with Gasteiger partial charge in [0.2, 0.25) is 0 Å². The molecule has 2 fully saturated rings. The van der Waals surface area contributed by atoms with Gasteiger partial charge < -0.3 is 15.7 Å². The van der Waals surface area contributed by atoms with Crippen molar-refractivity contribution in [2.75, 3.05) is 13.1 Å². The lowest BCUT2D eigenvalue weighted by Gasteiger charge is -2.26. The van der Waals surface area contributed by atoms with Gasteiger partial charge in [0.25, 0.3) is 11.8 Å². The van der Waals surface area contributed by atoms with Crippen molar-refractivity contribution in [2.45, 2.75) is 37.2 Å². The number of nitrogens with zero attached hydrogens (tertiary/aromatic N) is 1. The van der Waals surface area contributed by atoms with Gasteiger partial charge in [-0.15, -0.1) is 0 Å². The molecule has 1 unspecified atom stereocenters. The molecule has 1 heterocycles. The molecular formula is C16H20N2O3. The van der Waals surface area contributed by atoms with E-state index in [9.17, 15) is 14.7 Å². The maximum absolute atomic E-state index is 12.4. The zero-order valence-corrected chi connectivity index (χ0v) is 11.9. The summed E-state index contributed by atoms with van der Waals surface area (Å²) in [5, 5.41) is 10.0. The number of hydrogen-bond acceptors (Lipinski definition) is 3. The lowest BCUT2D eigenvalue weighted by Crippen LogP contribution is -2.46. The smallest absolute Gasteiger partial charge is 0.253 e. The number of hydrogen-bond donors (Lipinski definition) is 2. The molecule has 5 nitrogen and oxygen atoms in total. The van der Waals surface area contributed by atoms with Gasteiger partial charge in [-0.05, 0) is 36.5 Å². The van der Waals surface area contributed by atoms with Crippen LogP contribution in [0.1, 0.15) is 47.5 Å². The second-order valence-corrected chi connectivity index (χ2v) is 6.12. The van der Waals surface area contributed by atoms with Gasteiger partial charge in [0, 0.05) is 18.5 Å². The van der Waals surface area contributed by atoms with E-state index in [0.29, 0.717) is 18.0 Å². The largest absolute Gasteiger partial charge is 0.378 e. The van der Waals surface area contributed by atoms with Crippen LogP contribution in [0.15, 0.2) is 24.3 Å². The lowest BCUT2D eigenvalue weighted by atomic mass is 9.80. The molecule has 0 radical (unpaired) electrons. The maximum Gasteiger partial charge on any atom is 0.253 e. The molecule has 112 valence electrons. The highest BCUT2D eigenvalue weighted by Crippen LogP contribution is 2.36. The highest BCUT2D eigenvalue weighted by atomic mass is 16.3. The van der Waals surface area contributed by atoms with Gasteiger partial charge in [-0.3, -0.25) is 9.59 Å². The van der Waals surface area contributed by atoms with Crippen LogP contribution in [0.2, 0.25) is 0 Å². The van der Waals surface area contributed by atoms with Crippen molar-refractivity contribution in [3.63, 3.8) is 0 Å². The minimum Gasteiger partial charge on any atom is -0.378 e. The molecule has 3 rings (SSSR count). The molecule has 1 aliphatic heterocycles. The van der Waals surface area contributed by atoms with Gasteiger partial charge in [0.05, 0.1) is 6.54 Å². The Morgan fingerprint density at radius 3 is 2.38 bits per heavy atom. The second-order valence-electron chi connectivity index (χ2n) is 6.12. The molecule has 1 aliphatic carbocycles. The molecule has 2 amide bonds. The zero-order chi connectivity index (χ0) is 15.0. The summed E-state index contributed by atoms with van der Waals surface area (Å²) >= 11 is 0. The summed E-state index contributed by atoms with van der Waals surface area (Å²) in [4.78, 5) is 25.1. The van der Waals surface area contributed by atoms with Gasteiger partial charge in [0.15, 0.2) is 5.60 Å². The predicted octanol–water partition coefficient (Wildman–Crippen LogP) is 1.02. The molecule has 0 aromatic heterocycles. The molecule has 1 aromatic carbocycles. The van der Waals surface area contributed by atoms with E-state index in [1.54, 1.807) is 0 Å². The number of carbonyl (C=O) groups is 2. The third-order valence-electron chi connectivity index (χ3n) is 4.73. The summed E-state index contributed by atoms with van der Waals surface area (Å²) in [7, 11) is 0. The molecule has 0 bridgehead atoms. The highest BCUT2D eigenvalue weighted by molar-refractivity contribution is 5.95. The van der Waals surface area contributed by atoms with Crippen LogP contribution in [-0.2, 0) is 4.79 Å². The topological polar surface area (TPSA) is 83.6 Å². The average molecular weight is 288 g/mol. The maximum atomic E-state index is 12.4. The molecule has 2 aliphatic rings. The number of rotatable bonds is 3. The molecular weight excluding hydrogens is 268 g/mol. The summed E-state index contributed by atoms with van der Waals surface area (Å²) < 4.78 is 0. The van der Waals surface area contributed by atoms with Crippen molar-refractivity contribution in [1.82, 2.24) is 4.90 Å². The van der Waals surface area contributed by atoms with Crippen LogP contribution < -0.4 is 5.73 Å². The first-order valence-electron chi connectivity index (χ1n) is 7.41. The Kier molecular flexibility index (Phi) is 3.45. The summed E-state index contributed by atoms with van der Waals surface area (Å²) in [5.74, 6) is -0.286. The first-order chi connectivity index (χ1) is 9.99. The Balaban J connectivity index is 1.69. The van der Waals surface area contributed by atoms with Gasteiger partial charge >= 0.3 is 0 Å². The quantitative estimate of drug-likeness (QED) is 0.871. The number of aliphatic hydroxyl groups is 1. The zero-order valence-electron chi connectivity index (χ0n) is 11.9. The van der Waals surface area contributed by atoms with Crippen LogP contribution in [-0.4, -0.2) is 40.5 Å². The number of benzene rings is 1. The normalized spacial score (nSPS) is 25.7. The van der Waals surface area contributed by atoms with E-state index in [-0.39, 0.29) is 18.9 Å². The van der Waals surface area contributed by atoms with Crippen molar-refractivity contribution in [2.24, 2.45) is 5.73 Å². The Labute approximate surface area is 123 Å². The summed E-state index contributed by atoms with van der Waals surface area (Å²) in [6.07, 6.45) is 3.94. The molecule has 1 saturated carbocycles. The summed E-state index contributed by atoms with van der Waals surface area (Å²) in [6.45, 7) is 0.328. The summed E-state index contributed by atoms with van der Waals surface area (Å²) in [6, 6.07) is 7.68. The average Bonchev–Trinajstić information content (AvgIpc) is 2.81. The molecule has 3 N–H and O–H groups in total. The van der Waals surface area contributed by atoms with Gasteiger partial charge in [-0.1, -0.05) is 18.6 Å². The Hall–Kier alpha value is -1.88. The molecule has 21 heavy (non-hydrogen) atoms. The van der Waals surface area contributed by atoms with E-state index in [1.807, 2.05) is 24.3 Å². The fourth-order valence-electron chi connectivity index (χ4n) is 2.99. The molecule has 5 heteroatoms. The number of β-amino-alcohol motifs (C(OH)–C–C–N with tert-alkyl or cyclic N) is 1. The van der Waals surface area contributed by atoms with E-state index in [4.69, 9.17) is 5.73 Å². The number of likely N-dealkylation sites (tertiary alicyclic amines) is 1. The van der Waals surface area contributed by atoms with Gasteiger partial charge in [-0.2, -0.15) is 0 Å². The fraction of sp³-hybridized carbons (Fsp3) is 0.500. The van der Waals surface area contributed by atoms with Gasteiger partial charge in [-0.25, -0.2) is 0 Å². The predicted molar refractivity (Wildman–Crippen MR) is 77.7 cm³/mol. The number of nitrogens with two attached hydrogens (primary N) is 1. The SMILES string of the molecule is NC(=O)C1(O)CCN(C(=O)c2ccc(C3CCC3)cc2)C1. The minimum atomic E-state index is -1.58. The summed E-state index contributed by atoms with van der Waals surface area (Å²) in [5.41, 5.74) is 5.47. The van der Waals surface area contributed by atoms with Crippen LogP contribution >= 0.6 is 0 Å². The van der Waals surface area contributed by atoms with E-state index in [0.717, 1.165) is 0 Å². The first kappa shape index (κ1) is 14.1. The third-order valence-corrected chi connectivity index (χ3v) is 4.73. The van der Waals surface area contributed by atoms with Crippen molar-refractivity contribution in [1.29, 1.82) is 0 Å². The van der Waals surface area contributed by atoms with Crippen LogP contribution in [0.3, 0.4) is 0 Å². The number of primary amides is 1. The van der Waals surface area contributed by atoms with Crippen LogP contribution in [0, 0.1) is 0 Å². The van der Waals surface area contributed by atoms with Crippen molar-refractivity contribution < 1.29 is 14.7 Å². The van der Waals surface area contributed by atoms with E-state index < -0.39 is 11.5 Å². The Bertz CT molecular complexity index is 565. The Morgan fingerprint density at radius 1 is 1.24 bits per heavy atom. The Morgan fingerprint density at radius 2 is 1.90 bits per heavy atom. The molecule has 1 aromatic rings. The molecule has 1 saturated heterocycles. The second kappa shape index (κ2) is 5.15. The monoisotopic (exact) mass is 288 g/mol. The van der Waals surface area contributed by atoms with E-state index >= 15 is 0 Å². The number of amides is 2.